The number of hydrogen-bond donors (Lipinski definition) is 0. The van der Waals surface area contributed by atoms with Gasteiger partial charge in [0.05, 0.1) is 4.92 Å². The second-order valence-electron chi connectivity index (χ2n) is 8.36. The number of rotatable bonds is 4. The predicted molar refractivity (Wildman–Crippen MR) is 111 cm³/mol. The molecular weight excluding hydrogens is 384 g/mol. The van der Waals surface area contributed by atoms with Crippen molar-refractivity contribution < 1.29 is 19.2 Å². The smallest absolute Gasteiger partial charge is 0.315 e. The third-order valence-electron chi connectivity index (χ3n) is 6.39. The van der Waals surface area contributed by atoms with Crippen LogP contribution in [0.1, 0.15) is 69.8 Å². The Balaban J connectivity index is 1.79. The topological polar surface area (TPSA) is 98.9 Å². The van der Waals surface area contributed by atoms with Crippen LogP contribution >= 0.6 is 0 Å². The molecule has 1 aromatic rings. The van der Waals surface area contributed by atoms with Gasteiger partial charge in [0, 0.05) is 41.0 Å². The molecule has 0 bridgehead atoms. The Morgan fingerprint density at radius 1 is 1.13 bits per heavy atom. The molecule has 0 N–H and O–H groups in total. The largest absolute Gasteiger partial charge is 0.462 e. The van der Waals surface area contributed by atoms with Crippen molar-refractivity contribution >= 4 is 23.2 Å². The van der Waals surface area contributed by atoms with Crippen molar-refractivity contribution in [1.29, 1.82) is 0 Å². The van der Waals surface area contributed by atoms with Gasteiger partial charge in [-0.1, -0.05) is 24.6 Å². The van der Waals surface area contributed by atoms with Crippen LogP contribution in [0.2, 0.25) is 0 Å². The van der Waals surface area contributed by atoms with Crippen molar-refractivity contribution in [3.63, 3.8) is 0 Å². The van der Waals surface area contributed by atoms with Gasteiger partial charge in [0.2, 0.25) is 0 Å². The number of esters is 1. The SMILES string of the molecule is CC1=NC2=C(C(=O)CCC2)[C@@H](c2ccccc2[N+](=O)[O-])C1C(=O)OC1CCCCC1. The van der Waals surface area contributed by atoms with Crippen LogP contribution in [0.25, 0.3) is 0 Å². The van der Waals surface area contributed by atoms with Gasteiger partial charge in [-0.05, 0) is 45.4 Å². The number of nitro groups is 1. The Kier molecular flexibility index (Phi) is 5.79. The van der Waals surface area contributed by atoms with Gasteiger partial charge in [-0.25, -0.2) is 0 Å². The quantitative estimate of drug-likeness (QED) is 0.409. The summed E-state index contributed by atoms with van der Waals surface area (Å²) in [5.74, 6) is -2.07. The Labute approximate surface area is 175 Å². The summed E-state index contributed by atoms with van der Waals surface area (Å²) in [6.07, 6.45) is 6.43. The van der Waals surface area contributed by atoms with Crippen molar-refractivity contribution in [2.45, 2.75) is 70.3 Å². The van der Waals surface area contributed by atoms with Gasteiger partial charge in [0.1, 0.15) is 12.0 Å². The average molecular weight is 410 g/mol. The van der Waals surface area contributed by atoms with Gasteiger partial charge in [0.25, 0.3) is 5.69 Å². The van der Waals surface area contributed by atoms with E-state index in [1.54, 1.807) is 25.1 Å². The lowest BCUT2D eigenvalue weighted by Gasteiger charge is -2.35. The van der Waals surface area contributed by atoms with Crippen LogP contribution in [0.4, 0.5) is 5.69 Å². The molecule has 4 rings (SSSR count). The highest BCUT2D eigenvalue weighted by atomic mass is 16.6. The summed E-state index contributed by atoms with van der Waals surface area (Å²) < 4.78 is 5.84. The van der Waals surface area contributed by atoms with E-state index in [4.69, 9.17) is 4.74 Å². The maximum absolute atomic E-state index is 13.3. The Bertz CT molecular complexity index is 943. The number of nitrogens with zero attached hydrogens (tertiary/aromatic N) is 2. The summed E-state index contributed by atoms with van der Waals surface area (Å²) in [5, 5.41) is 11.7. The molecule has 3 aliphatic rings. The number of carbonyl (C=O) groups is 2. The maximum atomic E-state index is 13.3. The molecule has 1 aliphatic heterocycles. The number of para-hydroxylation sites is 1. The van der Waals surface area contributed by atoms with Crippen molar-refractivity contribution in [2.24, 2.45) is 10.9 Å². The van der Waals surface area contributed by atoms with E-state index in [2.05, 4.69) is 4.99 Å². The molecule has 2 aliphatic carbocycles. The Morgan fingerprint density at radius 2 is 1.87 bits per heavy atom. The molecule has 7 heteroatoms. The first-order valence-corrected chi connectivity index (χ1v) is 10.7. The molecule has 158 valence electrons. The zero-order valence-electron chi connectivity index (χ0n) is 17.1. The number of allylic oxidation sites excluding steroid dienone is 2. The van der Waals surface area contributed by atoms with E-state index in [-0.39, 0.29) is 17.6 Å². The minimum atomic E-state index is -0.825. The standard InChI is InChI=1S/C23H26N2O5/c1-14-20(23(27)30-15-8-3-2-4-9-15)21(16-10-5-6-12-18(16)25(28)29)22-17(24-14)11-7-13-19(22)26/h5-6,10,12,15,20-21H,2-4,7-9,11,13H2,1H3/t20?,21-/m0/s1. The molecule has 0 saturated heterocycles. The molecule has 1 unspecified atom stereocenters. The van der Waals surface area contributed by atoms with E-state index in [9.17, 15) is 19.7 Å². The monoisotopic (exact) mass is 410 g/mol. The van der Waals surface area contributed by atoms with E-state index in [1.165, 1.54) is 6.07 Å². The van der Waals surface area contributed by atoms with Crippen LogP contribution in [0, 0.1) is 16.0 Å². The van der Waals surface area contributed by atoms with Gasteiger partial charge >= 0.3 is 5.97 Å². The second kappa shape index (κ2) is 8.50. The third kappa shape index (κ3) is 3.80. The molecule has 1 saturated carbocycles. The first-order chi connectivity index (χ1) is 14.5. The molecule has 0 spiro atoms. The number of carbonyl (C=O) groups excluding carboxylic acids is 2. The number of hydrogen-bond acceptors (Lipinski definition) is 6. The summed E-state index contributed by atoms with van der Waals surface area (Å²) in [6, 6.07) is 6.38. The fourth-order valence-corrected chi connectivity index (χ4v) is 4.99. The minimum absolute atomic E-state index is 0.0777. The maximum Gasteiger partial charge on any atom is 0.315 e. The number of benzene rings is 1. The molecule has 1 fully saturated rings. The fraction of sp³-hybridized carbons (Fsp3) is 0.522. The average Bonchev–Trinajstić information content (AvgIpc) is 2.73. The number of ketones is 1. The van der Waals surface area contributed by atoms with Crippen LogP contribution in [-0.2, 0) is 14.3 Å². The van der Waals surface area contributed by atoms with E-state index >= 15 is 0 Å². The van der Waals surface area contributed by atoms with Gasteiger partial charge < -0.3 is 4.74 Å². The van der Waals surface area contributed by atoms with Crippen molar-refractivity contribution in [1.82, 2.24) is 0 Å². The van der Waals surface area contributed by atoms with Crippen LogP contribution in [-0.4, -0.2) is 28.5 Å². The molecule has 1 heterocycles. The molecule has 7 nitrogen and oxygen atoms in total. The molecule has 0 amide bonds. The van der Waals surface area contributed by atoms with Gasteiger partial charge in [0.15, 0.2) is 5.78 Å². The lowest BCUT2D eigenvalue weighted by molar-refractivity contribution is -0.385. The zero-order chi connectivity index (χ0) is 21.3. The fourth-order valence-electron chi connectivity index (χ4n) is 4.99. The first-order valence-electron chi connectivity index (χ1n) is 10.7. The summed E-state index contributed by atoms with van der Waals surface area (Å²) in [5.41, 5.74) is 1.97. The second-order valence-corrected chi connectivity index (χ2v) is 8.36. The lowest BCUT2D eigenvalue weighted by Crippen LogP contribution is -2.39. The zero-order valence-corrected chi connectivity index (χ0v) is 17.1. The molecule has 2 atom stereocenters. The summed E-state index contributed by atoms with van der Waals surface area (Å²) in [6.45, 7) is 1.76. The lowest BCUT2D eigenvalue weighted by atomic mass is 9.71. The highest BCUT2D eigenvalue weighted by Gasteiger charge is 2.45. The number of aliphatic imine (C=N–C) groups is 1. The summed E-state index contributed by atoms with van der Waals surface area (Å²) >= 11 is 0. The summed E-state index contributed by atoms with van der Waals surface area (Å²) in [4.78, 5) is 42.1. The Hall–Kier alpha value is -2.83. The van der Waals surface area contributed by atoms with E-state index in [0.717, 1.165) is 32.1 Å². The molecule has 0 radical (unpaired) electrons. The van der Waals surface area contributed by atoms with Gasteiger partial charge in [-0.15, -0.1) is 0 Å². The van der Waals surface area contributed by atoms with Crippen molar-refractivity contribution in [3.05, 3.63) is 51.2 Å². The number of nitro benzene ring substituents is 1. The van der Waals surface area contributed by atoms with Gasteiger partial charge in [-0.2, -0.15) is 0 Å². The van der Waals surface area contributed by atoms with Crippen molar-refractivity contribution in [3.8, 4) is 0 Å². The number of Topliss-reactive ketones (excluding diaryl/α,β-unsaturated/α-hetero) is 1. The van der Waals surface area contributed by atoms with Crippen molar-refractivity contribution in [2.75, 3.05) is 0 Å². The molecule has 0 aromatic heterocycles. The van der Waals surface area contributed by atoms with Crippen LogP contribution in [0.3, 0.4) is 0 Å². The molecular formula is C23H26N2O5. The molecule has 1 aromatic carbocycles. The van der Waals surface area contributed by atoms with Gasteiger partial charge in [-0.3, -0.25) is 24.7 Å². The highest BCUT2D eigenvalue weighted by molar-refractivity contribution is 6.09. The first kappa shape index (κ1) is 20.4. The van der Waals surface area contributed by atoms with E-state index in [0.29, 0.717) is 41.8 Å². The van der Waals surface area contributed by atoms with E-state index < -0.39 is 22.7 Å². The van der Waals surface area contributed by atoms with Crippen LogP contribution < -0.4 is 0 Å². The van der Waals surface area contributed by atoms with E-state index in [1.807, 2.05) is 0 Å². The number of ether oxygens (including phenoxy) is 1. The normalized spacial score (nSPS) is 24.8. The van der Waals surface area contributed by atoms with Crippen LogP contribution in [0.15, 0.2) is 40.5 Å². The predicted octanol–water partition coefficient (Wildman–Crippen LogP) is 4.65. The van der Waals surface area contributed by atoms with Crippen LogP contribution in [0.5, 0.6) is 0 Å². The third-order valence-corrected chi connectivity index (χ3v) is 6.39. The highest BCUT2D eigenvalue weighted by Crippen LogP contribution is 2.46. The minimum Gasteiger partial charge on any atom is -0.462 e. The summed E-state index contributed by atoms with van der Waals surface area (Å²) in [7, 11) is 0. The molecule has 30 heavy (non-hydrogen) atoms. The Morgan fingerprint density at radius 3 is 2.60 bits per heavy atom.